The SMILES string of the molecule is CCCCCCC/C=C\CCCCCCCCOCC(COC1OC(CO)C(O)C(O)C1O)OC(=O)CCCCCCCCCCCCCCCCCCCCCCCCCC. The Labute approximate surface area is 382 Å². The molecule has 1 heterocycles. The lowest BCUT2D eigenvalue weighted by atomic mass is 9.99. The van der Waals surface area contributed by atoms with Gasteiger partial charge in [0.25, 0.3) is 0 Å². The summed E-state index contributed by atoms with van der Waals surface area (Å²) in [6.45, 7) is 4.59. The van der Waals surface area contributed by atoms with Crippen molar-refractivity contribution in [3.05, 3.63) is 12.2 Å². The summed E-state index contributed by atoms with van der Waals surface area (Å²) in [5, 5.41) is 40.2. The molecule has 1 rings (SSSR count). The highest BCUT2D eigenvalue weighted by Crippen LogP contribution is 2.23. The van der Waals surface area contributed by atoms with Gasteiger partial charge in [-0.1, -0.05) is 225 Å². The minimum Gasteiger partial charge on any atom is -0.457 e. The van der Waals surface area contributed by atoms with E-state index in [9.17, 15) is 25.2 Å². The molecule has 0 amide bonds. The van der Waals surface area contributed by atoms with Crippen LogP contribution in [0.5, 0.6) is 0 Å². The zero-order valence-corrected chi connectivity index (χ0v) is 40.6. The number of hydrogen-bond acceptors (Lipinski definition) is 9. The summed E-state index contributed by atoms with van der Waals surface area (Å²) in [4.78, 5) is 12.8. The molecule has 368 valence electrons. The molecule has 0 saturated carbocycles. The van der Waals surface area contributed by atoms with Gasteiger partial charge in [-0.2, -0.15) is 0 Å². The molecule has 6 unspecified atom stereocenters. The van der Waals surface area contributed by atoms with Crippen molar-refractivity contribution in [1.29, 1.82) is 0 Å². The third kappa shape index (κ3) is 35.2. The smallest absolute Gasteiger partial charge is 0.306 e. The number of ether oxygens (including phenoxy) is 4. The lowest BCUT2D eigenvalue weighted by Crippen LogP contribution is -2.59. The van der Waals surface area contributed by atoms with Gasteiger partial charge >= 0.3 is 5.97 Å². The minimum absolute atomic E-state index is 0.110. The monoisotopic (exact) mass is 883 g/mol. The number of esters is 1. The van der Waals surface area contributed by atoms with Crippen molar-refractivity contribution in [2.24, 2.45) is 0 Å². The number of aliphatic hydroxyl groups is 4. The highest BCUT2D eigenvalue weighted by molar-refractivity contribution is 5.69. The van der Waals surface area contributed by atoms with Crippen LogP contribution in [0.25, 0.3) is 0 Å². The van der Waals surface area contributed by atoms with Gasteiger partial charge in [0, 0.05) is 13.0 Å². The van der Waals surface area contributed by atoms with Gasteiger partial charge in [-0.15, -0.1) is 0 Å². The van der Waals surface area contributed by atoms with Crippen LogP contribution in [0.3, 0.4) is 0 Å². The van der Waals surface area contributed by atoms with Crippen molar-refractivity contribution in [3.8, 4) is 0 Å². The van der Waals surface area contributed by atoms with Gasteiger partial charge in [0.05, 0.1) is 19.8 Å². The van der Waals surface area contributed by atoms with E-state index in [1.54, 1.807) is 0 Å². The van der Waals surface area contributed by atoms with E-state index in [4.69, 9.17) is 18.9 Å². The summed E-state index contributed by atoms with van der Waals surface area (Å²) < 4.78 is 22.9. The molecule has 6 atom stereocenters. The van der Waals surface area contributed by atoms with Crippen LogP contribution in [-0.4, -0.2) is 89.6 Å². The van der Waals surface area contributed by atoms with E-state index >= 15 is 0 Å². The zero-order valence-electron chi connectivity index (χ0n) is 40.6. The van der Waals surface area contributed by atoms with Gasteiger partial charge in [-0.05, 0) is 38.5 Å². The molecular formula is C53H102O9. The van der Waals surface area contributed by atoms with E-state index < -0.39 is 43.4 Å². The zero-order chi connectivity index (χ0) is 45.0. The Balaban J connectivity index is 2.15. The van der Waals surface area contributed by atoms with Gasteiger partial charge < -0.3 is 39.4 Å². The molecule has 1 saturated heterocycles. The molecule has 9 nitrogen and oxygen atoms in total. The lowest BCUT2D eigenvalue weighted by molar-refractivity contribution is -0.305. The standard InChI is InChI=1S/C53H102O9/c1-3-5-7-9-11-13-15-17-19-20-21-22-23-24-25-26-27-28-30-32-34-36-38-40-42-49(55)61-47(46-60-53-52(58)51(57)50(56)48(44-54)62-53)45-59-43-41-39-37-35-33-31-29-18-16-14-12-10-8-6-4-2/h16,18,47-48,50-54,56-58H,3-15,17,19-46H2,1-2H3/b18-16-. The number of carbonyl (C=O) groups excluding carboxylic acids is 1. The largest absolute Gasteiger partial charge is 0.457 e. The summed E-state index contributed by atoms with van der Waals surface area (Å²) in [6.07, 6.45) is 45.4. The Morgan fingerprint density at radius 2 is 0.887 bits per heavy atom. The van der Waals surface area contributed by atoms with Crippen LogP contribution in [0.1, 0.15) is 258 Å². The Bertz CT molecular complexity index is 961. The quantitative estimate of drug-likeness (QED) is 0.0268. The normalized spacial score (nSPS) is 19.7. The molecule has 0 bridgehead atoms. The van der Waals surface area contributed by atoms with Crippen LogP contribution < -0.4 is 0 Å². The van der Waals surface area contributed by atoms with Gasteiger partial charge in [-0.3, -0.25) is 4.79 Å². The predicted octanol–water partition coefficient (Wildman–Crippen LogP) is 13.2. The molecule has 9 heteroatoms. The lowest BCUT2D eigenvalue weighted by Gasteiger charge is -2.39. The molecule has 1 fully saturated rings. The number of carbonyl (C=O) groups is 1. The molecule has 0 aromatic heterocycles. The highest BCUT2D eigenvalue weighted by atomic mass is 16.7. The third-order valence-electron chi connectivity index (χ3n) is 12.7. The number of aliphatic hydroxyl groups excluding tert-OH is 4. The maximum absolute atomic E-state index is 12.8. The Hall–Kier alpha value is -1.07. The Morgan fingerprint density at radius 3 is 1.31 bits per heavy atom. The molecule has 0 aliphatic carbocycles. The molecular weight excluding hydrogens is 781 g/mol. The highest BCUT2D eigenvalue weighted by Gasteiger charge is 2.44. The Morgan fingerprint density at radius 1 is 0.500 bits per heavy atom. The predicted molar refractivity (Wildman–Crippen MR) is 256 cm³/mol. The second-order valence-corrected chi connectivity index (χ2v) is 18.7. The fourth-order valence-electron chi connectivity index (χ4n) is 8.49. The summed E-state index contributed by atoms with van der Waals surface area (Å²) in [6, 6.07) is 0. The van der Waals surface area contributed by atoms with Crippen molar-refractivity contribution in [1.82, 2.24) is 0 Å². The first-order chi connectivity index (χ1) is 30.4. The maximum Gasteiger partial charge on any atom is 0.306 e. The van der Waals surface area contributed by atoms with Crippen molar-refractivity contribution in [3.63, 3.8) is 0 Å². The molecule has 0 aromatic rings. The van der Waals surface area contributed by atoms with Crippen molar-refractivity contribution < 1.29 is 44.2 Å². The number of unbranched alkanes of at least 4 members (excludes halogenated alkanes) is 34. The molecule has 0 aromatic carbocycles. The number of allylic oxidation sites excluding steroid dienone is 2. The summed E-state index contributed by atoms with van der Waals surface area (Å²) >= 11 is 0. The van der Waals surface area contributed by atoms with Gasteiger partial charge in [0.15, 0.2) is 6.29 Å². The van der Waals surface area contributed by atoms with E-state index in [0.717, 1.165) is 32.1 Å². The molecule has 1 aliphatic heterocycles. The molecule has 4 N–H and O–H groups in total. The summed E-state index contributed by atoms with van der Waals surface area (Å²) in [5.41, 5.74) is 0. The van der Waals surface area contributed by atoms with E-state index in [1.807, 2.05) is 0 Å². The van der Waals surface area contributed by atoms with Gasteiger partial charge in [0.2, 0.25) is 0 Å². The van der Waals surface area contributed by atoms with E-state index in [-0.39, 0.29) is 19.2 Å². The average Bonchev–Trinajstić information content (AvgIpc) is 3.27. The number of rotatable bonds is 47. The fourth-order valence-corrected chi connectivity index (χ4v) is 8.49. The van der Waals surface area contributed by atoms with Crippen LogP contribution in [0.4, 0.5) is 0 Å². The summed E-state index contributed by atoms with van der Waals surface area (Å²) in [7, 11) is 0. The van der Waals surface area contributed by atoms with Crippen molar-refractivity contribution in [2.75, 3.05) is 26.4 Å². The van der Waals surface area contributed by atoms with Crippen LogP contribution in [0.2, 0.25) is 0 Å². The fraction of sp³-hybridized carbons (Fsp3) is 0.943. The molecule has 0 radical (unpaired) electrons. The second kappa shape index (κ2) is 45.1. The third-order valence-corrected chi connectivity index (χ3v) is 12.7. The second-order valence-electron chi connectivity index (χ2n) is 18.7. The van der Waals surface area contributed by atoms with E-state index in [1.165, 1.54) is 205 Å². The van der Waals surface area contributed by atoms with Crippen LogP contribution in [0.15, 0.2) is 12.2 Å². The first-order valence-corrected chi connectivity index (χ1v) is 26.8. The molecule has 62 heavy (non-hydrogen) atoms. The first-order valence-electron chi connectivity index (χ1n) is 26.8. The number of hydrogen-bond donors (Lipinski definition) is 4. The molecule has 1 aliphatic rings. The maximum atomic E-state index is 12.8. The first kappa shape index (κ1) is 58.9. The van der Waals surface area contributed by atoms with Crippen LogP contribution in [0, 0.1) is 0 Å². The minimum atomic E-state index is -1.53. The molecule has 0 spiro atoms. The van der Waals surface area contributed by atoms with Crippen LogP contribution >= 0.6 is 0 Å². The van der Waals surface area contributed by atoms with Gasteiger partial charge in [0.1, 0.15) is 30.5 Å². The van der Waals surface area contributed by atoms with E-state index in [2.05, 4.69) is 26.0 Å². The van der Waals surface area contributed by atoms with Crippen molar-refractivity contribution in [2.45, 2.75) is 295 Å². The summed E-state index contributed by atoms with van der Waals surface area (Å²) in [5.74, 6) is -0.309. The average molecular weight is 883 g/mol. The Kier molecular flexibility index (Phi) is 42.9. The van der Waals surface area contributed by atoms with Crippen molar-refractivity contribution >= 4 is 5.97 Å². The van der Waals surface area contributed by atoms with Crippen LogP contribution in [-0.2, 0) is 23.7 Å². The van der Waals surface area contributed by atoms with Gasteiger partial charge in [-0.25, -0.2) is 0 Å². The topological polar surface area (TPSA) is 135 Å². The van der Waals surface area contributed by atoms with E-state index in [0.29, 0.717) is 13.0 Å².